The van der Waals surface area contributed by atoms with Gasteiger partial charge >= 0.3 is 5.97 Å². The van der Waals surface area contributed by atoms with Crippen LogP contribution in [0.5, 0.6) is 0 Å². The maximum absolute atomic E-state index is 12.3. The van der Waals surface area contributed by atoms with Crippen molar-refractivity contribution < 1.29 is 19.4 Å². The first-order valence-corrected chi connectivity index (χ1v) is 15.2. The van der Waals surface area contributed by atoms with Gasteiger partial charge in [-0.05, 0) is 100.0 Å². The van der Waals surface area contributed by atoms with Crippen molar-refractivity contribution in [2.24, 2.45) is 34.5 Å². The number of fused-ring (bicyclic) bond motifs is 5. The van der Waals surface area contributed by atoms with Gasteiger partial charge in [-0.1, -0.05) is 20.3 Å². The zero-order valence-electron chi connectivity index (χ0n) is 23.0. The number of hydrogen-bond donors (Lipinski definition) is 1. The summed E-state index contributed by atoms with van der Waals surface area (Å²) in [5, 5.41) is 11.2. The molecule has 1 N–H and O–H groups in total. The van der Waals surface area contributed by atoms with Gasteiger partial charge in [-0.15, -0.1) is 0 Å². The van der Waals surface area contributed by atoms with Crippen LogP contribution < -0.4 is 0 Å². The van der Waals surface area contributed by atoms with Crippen molar-refractivity contribution in [3.05, 3.63) is 0 Å². The van der Waals surface area contributed by atoms with E-state index in [4.69, 9.17) is 9.47 Å². The number of esters is 1. The van der Waals surface area contributed by atoms with E-state index < -0.39 is 0 Å². The smallest absolute Gasteiger partial charge is 0.302 e. The summed E-state index contributed by atoms with van der Waals surface area (Å²) in [6.07, 6.45) is 12.0. The van der Waals surface area contributed by atoms with Gasteiger partial charge in [-0.3, -0.25) is 14.6 Å². The Morgan fingerprint density at radius 1 is 0.889 bits per heavy atom. The topological polar surface area (TPSA) is 62.2 Å². The van der Waals surface area contributed by atoms with Gasteiger partial charge in [0.1, 0.15) is 6.10 Å². The van der Waals surface area contributed by atoms with Crippen molar-refractivity contribution in [3.63, 3.8) is 0 Å². The predicted octanol–water partition coefficient (Wildman–Crippen LogP) is 4.10. The third-order valence-electron chi connectivity index (χ3n) is 12.3. The molecule has 6 fully saturated rings. The maximum atomic E-state index is 12.3. The molecule has 0 aromatic carbocycles. The zero-order valence-corrected chi connectivity index (χ0v) is 23.0. The van der Waals surface area contributed by atoms with E-state index in [0.29, 0.717) is 23.3 Å². The van der Waals surface area contributed by atoms with Gasteiger partial charge in [0.25, 0.3) is 0 Å². The van der Waals surface area contributed by atoms with Crippen molar-refractivity contribution in [1.29, 1.82) is 0 Å². The Morgan fingerprint density at radius 3 is 2.33 bits per heavy atom. The van der Waals surface area contributed by atoms with Crippen molar-refractivity contribution >= 4 is 5.97 Å². The lowest BCUT2D eigenvalue weighted by atomic mass is 9.44. The van der Waals surface area contributed by atoms with E-state index in [0.717, 1.165) is 64.1 Å². The fourth-order valence-electron chi connectivity index (χ4n) is 10.5. The van der Waals surface area contributed by atoms with E-state index in [9.17, 15) is 9.90 Å². The minimum absolute atomic E-state index is 0.0406. The van der Waals surface area contributed by atoms with Gasteiger partial charge < -0.3 is 14.6 Å². The van der Waals surface area contributed by atoms with Crippen molar-refractivity contribution in [2.75, 3.05) is 39.4 Å². The molecule has 6 nitrogen and oxygen atoms in total. The Bertz CT molecular complexity index is 811. The standard InChI is InChI=1S/C30H50N2O4/c1-20(33)36-28-25(31-11-5-4-6-12-31)18-24-22-8-7-21-17-27(34)26(32-13-15-35-16-14-32)19-30(21,3)23(22)9-10-29(24,28)2/h21-28,34H,4-19H2,1-3H3/t21?,22-,23-,24+,25?,26?,27?,28?,29+,30+/m1/s1. The van der Waals surface area contributed by atoms with Crippen molar-refractivity contribution in [3.8, 4) is 0 Å². The number of nitrogens with zero attached hydrogens (tertiary/aromatic N) is 2. The van der Waals surface area contributed by atoms with Crippen LogP contribution in [0.1, 0.15) is 85.0 Å². The molecule has 4 saturated carbocycles. The summed E-state index contributed by atoms with van der Waals surface area (Å²) in [6.45, 7) is 12.5. The molecular formula is C30H50N2O4. The molecule has 0 aromatic heterocycles. The van der Waals surface area contributed by atoms with Gasteiger partial charge in [0, 0.05) is 37.5 Å². The minimum atomic E-state index is -0.199. The molecule has 6 aliphatic rings. The minimum Gasteiger partial charge on any atom is -0.460 e. The number of ether oxygens (including phenoxy) is 2. The first kappa shape index (κ1) is 25.6. The molecule has 2 heterocycles. The summed E-state index contributed by atoms with van der Waals surface area (Å²) in [5.74, 6) is 2.62. The van der Waals surface area contributed by atoms with E-state index >= 15 is 0 Å². The molecule has 2 saturated heterocycles. The normalized spacial score (nSPS) is 50.1. The molecule has 4 aliphatic carbocycles. The predicted molar refractivity (Wildman–Crippen MR) is 139 cm³/mol. The molecule has 0 bridgehead atoms. The van der Waals surface area contributed by atoms with E-state index in [1.807, 2.05) is 0 Å². The molecule has 0 aromatic rings. The monoisotopic (exact) mass is 502 g/mol. The Morgan fingerprint density at radius 2 is 1.61 bits per heavy atom. The number of morpholine rings is 1. The van der Waals surface area contributed by atoms with E-state index in [-0.39, 0.29) is 29.6 Å². The maximum Gasteiger partial charge on any atom is 0.302 e. The average Bonchev–Trinajstić information content (AvgIpc) is 3.17. The third kappa shape index (κ3) is 4.17. The fourth-order valence-corrected chi connectivity index (χ4v) is 10.5. The zero-order chi connectivity index (χ0) is 25.1. The van der Waals surface area contributed by atoms with Crippen LogP contribution in [0.15, 0.2) is 0 Å². The number of piperidine rings is 1. The largest absolute Gasteiger partial charge is 0.460 e. The van der Waals surface area contributed by atoms with Gasteiger partial charge in [-0.25, -0.2) is 0 Å². The number of aliphatic hydroxyl groups is 1. The van der Waals surface area contributed by atoms with Crippen LogP contribution >= 0.6 is 0 Å². The van der Waals surface area contributed by atoms with E-state index in [2.05, 4.69) is 23.6 Å². The highest BCUT2D eigenvalue weighted by atomic mass is 16.5. The van der Waals surface area contributed by atoms with Crippen LogP contribution in [0, 0.1) is 34.5 Å². The van der Waals surface area contributed by atoms with Crippen LogP contribution in [0.2, 0.25) is 0 Å². The Balaban J connectivity index is 1.26. The lowest BCUT2D eigenvalue weighted by Gasteiger charge is -2.62. The molecule has 5 unspecified atom stereocenters. The first-order valence-electron chi connectivity index (χ1n) is 15.2. The summed E-state index contributed by atoms with van der Waals surface area (Å²) >= 11 is 0. The summed E-state index contributed by atoms with van der Waals surface area (Å²) in [4.78, 5) is 17.5. The van der Waals surface area contributed by atoms with Gasteiger partial charge in [-0.2, -0.15) is 0 Å². The first-order chi connectivity index (χ1) is 17.3. The summed E-state index contributed by atoms with van der Waals surface area (Å²) in [5.41, 5.74) is 0.391. The molecule has 0 radical (unpaired) electrons. The van der Waals surface area contributed by atoms with Gasteiger partial charge in [0.05, 0.1) is 19.3 Å². The SMILES string of the molecule is CC(=O)OC1C(N2CCCCC2)C[C@H]2[C@@H]3CCC4CC(O)C(N5CCOCC5)C[C@]4(C)[C@@H]3CC[C@]12C. The summed E-state index contributed by atoms with van der Waals surface area (Å²) < 4.78 is 11.9. The second-order valence-electron chi connectivity index (χ2n) is 13.9. The molecular weight excluding hydrogens is 452 g/mol. The molecule has 6 heteroatoms. The fraction of sp³-hybridized carbons (Fsp3) is 0.967. The second kappa shape index (κ2) is 9.81. The van der Waals surface area contributed by atoms with Crippen LogP contribution in [0.3, 0.4) is 0 Å². The molecule has 204 valence electrons. The Hall–Kier alpha value is -0.690. The van der Waals surface area contributed by atoms with Crippen LogP contribution in [-0.4, -0.2) is 84.6 Å². The Kier molecular flexibility index (Phi) is 6.97. The number of rotatable bonds is 3. The molecule has 2 aliphatic heterocycles. The van der Waals surface area contributed by atoms with Crippen molar-refractivity contribution in [1.82, 2.24) is 9.80 Å². The van der Waals surface area contributed by atoms with Crippen LogP contribution in [-0.2, 0) is 14.3 Å². The number of hydrogen-bond acceptors (Lipinski definition) is 6. The second-order valence-corrected chi connectivity index (χ2v) is 13.9. The highest BCUT2D eigenvalue weighted by Crippen LogP contribution is 2.67. The Labute approximate surface area is 218 Å². The van der Waals surface area contributed by atoms with E-state index in [1.165, 1.54) is 51.4 Å². The molecule has 36 heavy (non-hydrogen) atoms. The lowest BCUT2D eigenvalue weighted by Crippen LogP contribution is -2.61. The summed E-state index contributed by atoms with van der Waals surface area (Å²) in [6, 6.07) is 0.670. The number of carbonyl (C=O) groups excluding carboxylic acids is 1. The molecule has 0 spiro atoms. The van der Waals surface area contributed by atoms with Crippen LogP contribution in [0.25, 0.3) is 0 Å². The number of carbonyl (C=O) groups is 1. The van der Waals surface area contributed by atoms with Crippen LogP contribution in [0.4, 0.5) is 0 Å². The quantitative estimate of drug-likeness (QED) is 0.587. The number of likely N-dealkylation sites (tertiary alicyclic amines) is 1. The molecule has 6 rings (SSSR count). The highest BCUT2D eigenvalue weighted by molar-refractivity contribution is 5.66. The van der Waals surface area contributed by atoms with E-state index in [1.54, 1.807) is 6.92 Å². The van der Waals surface area contributed by atoms with Gasteiger partial charge in [0.2, 0.25) is 0 Å². The van der Waals surface area contributed by atoms with Crippen molar-refractivity contribution in [2.45, 2.75) is 109 Å². The average molecular weight is 503 g/mol. The number of aliphatic hydroxyl groups excluding tert-OH is 1. The van der Waals surface area contributed by atoms with Gasteiger partial charge in [0.15, 0.2) is 0 Å². The molecule has 0 amide bonds. The third-order valence-corrected chi connectivity index (χ3v) is 12.3. The molecule has 10 atom stereocenters. The summed E-state index contributed by atoms with van der Waals surface area (Å²) in [7, 11) is 0. The highest BCUT2D eigenvalue weighted by Gasteiger charge is 2.64. The lowest BCUT2D eigenvalue weighted by molar-refractivity contribution is -0.172.